The zero-order valence-electron chi connectivity index (χ0n) is 23.7. The fourth-order valence-corrected chi connectivity index (χ4v) is 5.13. The van der Waals surface area contributed by atoms with E-state index in [-0.39, 0.29) is 0 Å². The van der Waals surface area contributed by atoms with Crippen LogP contribution in [0.25, 0.3) is 0 Å². The van der Waals surface area contributed by atoms with Gasteiger partial charge in [-0.2, -0.15) is 0 Å². The monoisotopic (exact) mass is 572 g/mol. The van der Waals surface area contributed by atoms with Crippen LogP contribution in [0.5, 0.6) is 23.0 Å². The lowest BCUT2D eigenvalue weighted by atomic mass is 9.96. The molecule has 0 saturated carbocycles. The highest BCUT2D eigenvalue weighted by atomic mass is 16.5. The van der Waals surface area contributed by atoms with Gasteiger partial charge in [-0.15, -0.1) is 0 Å². The molecule has 6 heteroatoms. The van der Waals surface area contributed by atoms with E-state index in [0.717, 1.165) is 45.1 Å². The van der Waals surface area contributed by atoms with Gasteiger partial charge in [-0.05, 0) is 84.9 Å². The lowest BCUT2D eigenvalue weighted by molar-refractivity contribution is 0.482. The molecule has 1 heterocycles. The molecule has 0 spiro atoms. The number of rotatable bonds is 6. The summed E-state index contributed by atoms with van der Waals surface area (Å²) in [6, 6.07) is 46.8. The average Bonchev–Trinajstić information content (AvgIpc) is 3.03. The minimum atomic E-state index is 0.653. The van der Waals surface area contributed by atoms with Gasteiger partial charge in [-0.25, -0.2) is 9.98 Å². The van der Waals surface area contributed by atoms with E-state index in [1.807, 2.05) is 121 Å². The summed E-state index contributed by atoms with van der Waals surface area (Å²) in [4.78, 5) is 10.5. The minimum Gasteiger partial charge on any atom is -0.457 e. The third-order valence-electron chi connectivity index (χ3n) is 7.23. The second kappa shape index (κ2) is 11.6. The number of ether oxygens (including phenoxy) is 2. The Morgan fingerprint density at radius 3 is 1.20 bits per heavy atom. The maximum atomic E-state index is 6.03. The maximum Gasteiger partial charge on any atom is 0.129 e. The molecule has 6 nitrogen and oxygen atoms in total. The van der Waals surface area contributed by atoms with Gasteiger partial charge in [0.1, 0.15) is 23.0 Å². The third-order valence-corrected chi connectivity index (χ3v) is 7.23. The Hall–Kier alpha value is -6.14. The van der Waals surface area contributed by atoms with Crippen LogP contribution in [0.1, 0.15) is 22.3 Å². The van der Waals surface area contributed by atoms with Gasteiger partial charge in [0, 0.05) is 45.8 Å². The molecule has 6 aromatic carbocycles. The first-order chi connectivity index (χ1) is 21.6. The fraction of sp³-hybridized carbons (Fsp3) is 0. The average molecular weight is 573 g/mol. The van der Waals surface area contributed by atoms with Gasteiger partial charge in [0.25, 0.3) is 0 Å². The Labute approximate surface area is 255 Å². The van der Waals surface area contributed by atoms with Crippen LogP contribution in [0, 0.1) is 0 Å². The molecule has 212 valence electrons. The summed E-state index contributed by atoms with van der Waals surface area (Å²) < 4.78 is 12.1. The van der Waals surface area contributed by atoms with Crippen molar-refractivity contribution < 1.29 is 9.47 Å². The van der Waals surface area contributed by atoms with Crippen molar-refractivity contribution in [2.24, 2.45) is 9.98 Å². The second-order valence-electron chi connectivity index (χ2n) is 10.4. The summed E-state index contributed by atoms with van der Waals surface area (Å²) in [6.45, 7) is 0. The molecule has 4 N–H and O–H groups in total. The summed E-state index contributed by atoms with van der Waals surface area (Å²) in [6.07, 6.45) is 0. The van der Waals surface area contributed by atoms with Crippen molar-refractivity contribution in [2.45, 2.75) is 0 Å². The number of hydrogen-bond donors (Lipinski definition) is 2. The third kappa shape index (κ3) is 5.65. The number of benzene rings is 6. The molecule has 0 fully saturated rings. The van der Waals surface area contributed by atoms with E-state index in [4.69, 9.17) is 30.9 Å². The topological polar surface area (TPSA) is 95.2 Å². The molecule has 44 heavy (non-hydrogen) atoms. The van der Waals surface area contributed by atoms with E-state index < -0.39 is 0 Å². The molecule has 0 radical (unpaired) electrons. The van der Waals surface area contributed by atoms with Crippen LogP contribution in [-0.4, -0.2) is 11.4 Å². The number of hydrogen-bond acceptors (Lipinski definition) is 6. The zero-order chi connectivity index (χ0) is 29.9. The SMILES string of the molecule is Nc1cccc(Oc2ccc(C3=Nc4ccccc4C(c4ccc(Oc5cccc(N)c5)cc4)=Nc4ccccc43)cc2)c1. The molecule has 1 aliphatic rings. The van der Waals surface area contributed by atoms with E-state index >= 15 is 0 Å². The molecular formula is C38H28N4O2. The molecule has 0 aliphatic carbocycles. The van der Waals surface area contributed by atoms with Crippen molar-refractivity contribution in [3.63, 3.8) is 0 Å². The summed E-state index contributed by atoms with van der Waals surface area (Å²) in [5, 5.41) is 0. The molecule has 0 atom stereocenters. The Bertz CT molecular complexity index is 1880. The molecule has 0 saturated heterocycles. The molecule has 6 aromatic rings. The predicted octanol–water partition coefficient (Wildman–Crippen LogP) is 9.09. The molecule has 7 rings (SSSR count). The van der Waals surface area contributed by atoms with Gasteiger partial charge in [0.15, 0.2) is 0 Å². The minimum absolute atomic E-state index is 0.653. The number of nitrogens with two attached hydrogens (primary N) is 2. The molecule has 1 aliphatic heterocycles. The first-order valence-corrected chi connectivity index (χ1v) is 14.2. The molecule has 0 bridgehead atoms. The van der Waals surface area contributed by atoms with Crippen molar-refractivity contribution in [3.05, 3.63) is 168 Å². The highest BCUT2D eigenvalue weighted by Crippen LogP contribution is 2.34. The normalized spacial score (nSPS) is 12.1. The van der Waals surface area contributed by atoms with Gasteiger partial charge < -0.3 is 20.9 Å². The van der Waals surface area contributed by atoms with Gasteiger partial charge in [0.2, 0.25) is 0 Å². The van der Waals surface area contributed by atoms with E-state index in [9.17, 15) is 0 Å². The van der Waals surface area contributed by atoms with Crippen molar-refractivity contribution in [2.75, 3.05) is 11.5 Å². The lowest BCUT2D eigenvalue weighted by Crippen LogP contribution is -2.10. The van der Waals surface area contributed by atoms with E-state index in [1.165, 1.54) is 0 Å². The number of aliphatic imine (C=N–C) groups is 2. The number of para-hydroxylation sites is 2. The van der Waals surface area contributed by atoms with Crippen LogP contribution in [-0.2, 0) is 0 Å². The van der Waals surface area contributed by atoms with Gasteiger partial charge >= 0.3 is 0 Å². The fourth-order valence-electron chi connectivity index (χ4n) is 5.13. The Morgan fingerprint density at radius 2 is 0.795 bits per heavy atom. The predicted molar refractivity (Wildman–Crippen MR) is 178 cm³/mol. The number of fused-ring (bicyclic) bond motifs is 2. The number of nitrogens with zero attached hydrogens (tertiary/aromatic N) is 2. The van der Waals surface area contributed by atoms with E-state index in [1.54, 1.807) is 12.1 Å². The Kier molecular flexibility index (Phi) is 7.06. The highest BCUT2D eigenvalue weighted by Gasteiger charge is 2.20. The first-order valence-electron chi connectivity index (χ1n) is 14.2. The van der Waals surface area contributed by atoms with Crippen LogP contribution >= 0.6 is 0 Å². The smallest absolute Gasteiger partial charge is 0.129 e. The Balaban J connectivity index is 1.25. The van der Waals surface area contributed by atoms with Crippen molar-refractivity contribution in [1.82, 2.24) is 0 Å². The van der Waals surface area contributed by atoms with E-state index in [2.05, 4.69) is 12.1 Å². The summed E-state index contributed by atoms with van der Waals surface area (Å²) in [5.41, 5.74) is 20.2. The molecule has 0 unspecified atom stereocenters. The largest absolute Gasteiger partial charge is 0.457 e. The molecular weight excluding hydrogens is 544 g/mol. The summed E-state index contributed by atoms with van der Waals surface area (Å²) >= 11 is 0. The number of anilines is 2. The van der Waals surface area contributed by atoms with Crippen LogP contribution < -0.4 is 20.9 Å². The zero-order valence-corrected chi connectivity index (χ0v) is 23.7. The van der Waals surface area contributed by atoms with Crippen LogP contribution in [0.2, 0.25) is 0 Å². The van der Waals surface area contributed by atoms with Gasteiger partial charge in [-0.3, -0.25) is 0 Å². The summed E-state index contributed by atoms with van der Waals surface area (Å²) in [7, 11) is 0. The second-order valence-corrected chi connectivity index (χ2v) is 10.4. The number of nitrogen functional groups attached to an aromatic ring is 2. The van der Waals surface area contributed by atoms with Crippen LogP contribution in [0.15, 0.2) is 156 Å². The summed E-state index contributed by atoms with van der Waals surface area (Å²) in [5.74, 6) is 2.80. The van der Waals surface area contributed by atoms with E-state index in [0.29, 0.717) is 34.4 Å². The first kappa shape index (κ1) is 26.7. The van der Waals surface area contributed by atoms with Crippen molar-refractivity contribution in [1.29, 1.82) is 0 Å². The molecule has 0 aromatic heterocycles. The lowest BCUT2D eigenvalue weighted by Gasteiger charge is -2.18. The van der Waals surface area contributed by atoms with Gasteiger partial charge in [0.05, 0.1) is 22.8 Å². The maximum absolute atomic E-state index is 6.03. The van der Waals surface area contributed by atoms with Crippen LogP contribution in [0.4, 0.5) is 22.7 Å². The molecule has 0 amide bonds. The highest BCUT2D eigenvalue weighted by molar-refractivity contribution is 6.22. The Morgan fingerprint density at radius 1 is 0.386 bits per heavy atom. The van der Waals surface area contributed by atoms with Crippen LogP contribution in [0.3, 0.4) is 0 Å². The van der Waals surface area contributed by atoms with Crippen molar-refractivity contribution in [3.8, 4) is 23.0 Å². The quantitative estimate of drug-likeness (QED) is 0.194. The standard InChI is InChI=1S/C38H28N4O2/c39-27-7-5-9-31(23-27)43-29-19-15-25(16-20-29)37-33-11-1-3-13-35(33)41-38(34-12-2-4-14-36(34)42-37)26-17-21-30(22-18-26)44-32-10-6-8-28(40)24-32/h1-24H,39-40H2. The van der Waals surface area contributed by atoms with Gasteiger partial charge in [-0.1, -0.05) is 48.5 Å². The van der Waals surface area contributed by atoms with Crippen molar-refractivity contribution >= 4 is 34.2 Å².